The second-order valence-electron chi connectivity index (χ2n) is 4.13. The highest BCUT2D eigenvalue weighted by Crippen LogP contribution is 2.11. The van der Waals surface area contributed by atoms with Crippen molar-refractivity contribution >= 4 is 0 Å². The van der Waals surface area contributed by atoms with Gasteiger partial charge in [0.15, 0.2) is 0 Å². The Balaban J connectivity index is 2.33. The van der Waals surface area contributed by atoms with Crippen LogP contribution in [0.15, 0.2) is 12.3 Å². The number of aliphatic hydroxyl groups is 1. The van der Waals surface area contributed by atoms with Crippen molar-refractivity contribution in [3.05, 3.63) is 18.0 Å². The van der Waals surface area contributed by atoms with E-state index < -0.39 is 0 Å². The van der Waals surface area contributed by atoms with E-state index in [0.717, 1.165) is 32.4 Å². The van der Waals surface area contributed by atoms with Gasteiger partial charge in [-0.15, -0.1) is 0 Å². The Hall–Kier alpha value is -0.870. The molecule has 0 spiro atoms. The highest BCUT2D eigenvalue weighted by molar-refractivity contribution is 5.01. The van der Waals surface area contributed by atoms with Crippen LogP contribution in [0.5, 0.6) is 0 Å². The summed E-state index contributed by atoms with van der Waals surface area (Å²) in [7, 11) is 0. The normalized spacial score (nSPS) is 12.9. The van der Waals surface area contributed by atoms with E-state index in [2.05, 4.69) is 35.0 Å². The molecule has 1 rings (SSSR count). The standard InChI is InChI=1S/C12H23N3O/c1-3-11(2)15-12(6-8-14-15)10-13-7-4-5-9-16/h6,8,11,13,16H,3-5,7,9-10H2,1-2H3. The molecule has 0 aliphatic heterocycles. The van der Waals surface area contributed by atoms with Gasteiger partial charge < -0.3 is 10.4 Å². The van der Waals surface area contributed by atoms with Gasteiger partial charge in [-0.25, -0.2) is 0 Å². The van der Waals surface area contributed by atoms with Gasteiger partial charge in [-0.2, -0.15) is 5.10 Å². The number of aliphatic hydroxyl groups excluding tert-OH is 1. The predicted octanol–water partition coefficient (Wildman–Crippen LogP) is 1.72. The van der Waals surface area contributed by atoms with Crippen LogP contribution in [0.1, 0.15) is 44.8 Å². The number of nitrogens with zero attached hydrogens (tertiary/aromatic N) is 2. The minimum atomic E-state index is 0.284. The molecule has 0 bridgehead atoms. The van der Waals surface area contributed by atoms with Crippen LogP contribution >= 0.6 is 0 Å². The van der Waals surface area contributed by atoms with Crippen molar-refractivity contribution in [2.75, 3.05) is 13.2 Å². The van der Waals surface area contributed by atoms with E-state index in [1.165, 1.54) is 5.69 Å². The quantitative estimate of drug-likeness (QED) is 0.662. The molecule has 0 fully saturated rings. The second kappa shape index (κ2) is 7.41. The second-order valence-corrected chi connectivity index (χ2v) is 4.13. The third-order valence-corrected chi connectivity index (χ3v) is 2.83. The minimum absolute atomic E-state index is 0.284. The van der Waals surface area contributed by atoms with Crippen LogP contribution in [0.2, 0.25) is 0 Å². The molecule has 0 aliphatic rings. The molecular formula is C12H23N3O. The number of aromatic nitrogens is 2. The lowest BCUT2D eigenvalue weighted by Gasteiger charge is -2.14. The maximum atomic E-state index is 8.66. The van der Waals surface area contributed by atoms with Gasteiger partial charge in [-0.3, -0.25) is 4.68 Å². The van der Waals surface area contributed by atoms with E-state index in [9.17, 15) is 0 Å². The van der Waals surface area contributed by atoms with Gasteiger partial charge in [0.25, 0.3) is 0 Å². The van der Waals surface area contributed by atoms with Gasteiger partial charge in [0.2, 0.25) is 0 Å². The fourth-order valence-electron chi connectivity index (χ4n) is 1.63. The Morgan fingerprint density at radius 1 is 1.50 bits per heavy atom. The Bertz CT molecular complexity index is 286. The summed E-state index contributed by atoms with van der Waals surface area (Å²) >= 11 is 0. The first-order valence-electron chi connectivity index (χ1n) is 6.13. The average Bonchev–Trinajstić information content (AvgIpc) is 2.76. The van der Waals surface area contributed by atoms with Gasteiger partial charge in [0.05, 0.1) is 5.69 Å². The molecule has 0 aromatic carbocycles. The first-order chi connectivity index (χ1) is 7.79. The molecule has 0 amide bonds. The zero-order valence-corrected chi connectivity index (χ0v) is 10.3. The average molecular weight is 225 g/mol. The Morgan fingerprint density at radius 2 is 2.31 bits per heavy atom. The van der Waals surface area contributed by atoms with E-state index in [0.29, 0.717) is 6.04 Å². The third kappa shape index (κ3) is 3.94. The summed E-state index contributed by atoms with van der Waals surface area (Å²) in [5.41, 5.74) is 1.23. The third-order valence-electron chi connectivity index (χ3n) is 2.83. The Labute approximate surface area is 97.7 Å². The van der Waals surface area contributed by atoms with Crippen LogP contribution in [0, 0.1) is 0 Å². The molecule has 1 atom stereocenters. The number of hydrogen-bond acceptors (Lipinski definition) is 3. The van der Waals surface area contributed by atoms with E-state index in [1.54, 1.807) is 0 Å². The fourth-order valence-corrected chi connectivity index (χ4v) is 1.63. The van der Waals surface area contributed by atoms with Crippen LogP contribution in [0.25, 0.3) is 0 Å². The summed E-state index contributed by atoms with van der Waals surface area (Å²) in [5.74, 6) is 0. The lowest BCUT2D eigenvalue weighted by atomic mass is 10.2. The van der Waals surface area contributed by atoms with Crippen molar-refractivity contribution in [3.63, 3.8) is 0 Å². The molecule has 0 saturated heterocycles. The first-order valence-corrected chi connectivity index (χ1v) is 6.13. The van der Waals surface area contributed by atoms with E-state index in [-0.39, 0.29) is 6.61 Å². The van der Waals surface area contributed by atoms with Crippen LogP contribution in [-0.4, -0.2) is 28.0 Å². The summed E-state index contributed by atoms with van der Waals surface area (Å²) in [5, 5.41) is 16.4. The summed E-state index contributed by atoms with van der Waals surface area (Å²) in [4.78, 5) is 0. The molecule has 1 aromatic heterocycles. The molecule has 0 saturated carbocycles. The van der Waals surface area contributed by atoms with Crippen LogP contribution in [-0.2, 0) is 6.54 Å². The number of hydrogen-bond donors (Lipinski definition) is 2. The topological polar surface area (TPSA) is 50.1 Å². The van der Waals surface area contributed by atoms with Crippen molar-refractivity contribution in [2.45, 2.75) is 45.7 Å². The van der Waals surface area contributed by atoms with Gasteiger partial charge in [-0.05, 0) is 38.8 Å². The lowest BCUT2D eigenvalue weighted by molar-refractivity contribution is 0.283. The van der Waals surface area contributed by atoms with Crippen molar-refractivity contribution in [1.29, 1.82) is 0 Å². The van der Waals surface area contributed by atoms with Crippen molar-refractivity contribution < 1.29 is 5.11 Å². The van der Waals surface area contributed by atoms with E-state index in [4.69, 9.17) is 5.11 Å². The van der Waals surface area contributed by atoms with Crippen LogP contribution < -0.4 is 5.32 Å². The monoisotopic (exact) mass is 225 g/mol. The summed E-state index contributed by atoms with van der Waals surface area (Å²) in [6.07, 6.45) is 4.85. The summed E-state index contributed by atoms with van der Waals surface area (Å²) < 4.78 is 2.08. The molecule has 1 aromatic rings. The van der Waals surface area contributed by atoms with E-state index in [1.807, 2.05) is 6.20 Å². The van der Waals surface area contributed by atoms with Crippen LogP contribution in [0.3, 0.4) is 0 Å². The Morgan fingerprint density at radius 3 is 3.00 bits per heavy atom. The SMILES string of the molecule is CCC(C)n1nccc1CNCCCCO. The van der Waals surface area contributed by atoms with Crippen molar-refractivity contribution in [1.82, 2.24) is 15.1 Å². The number of unbranched alkanes of at least 4 members (excludes halogenated alkanes) is 1. The number of rotatable bonds is 8. The molecular weight excluding hydrogens is 202 g/mol. The Kier molecular flexibility index (Phi) is 6.11. The van der Waals surface area contributed by atoms with Crippen molar-refractivity contribution in [3.8, 4) is 0 Å². The number of nitrogens with one attached hydrogen (secondary N) is 1. The molecule has 0 radical (unpaired) electrons. The highest BCUT2D eigenvalue weighted by atomic mass is 16.2. The molecule has 2 N–H and O–H groups in total. The molecule has 92 valence electrons. The summed E-state index contributed by atoms with van der Waals surface area (Å²) in [6.45, 7) is 6.45. The smallest absolute Gasteiger partial charge is 0.0525 e. The van der Waals surface area contributed by atoms with Gasteiger partial charge in [0, 0.05) is 25.4 Å². The lowest BCUT2D eigenvalue weighted by Crippen LogP contribution is -2.19. The summed E-state index contributed by atoms with van der Waals surface area (Å²) in [6, 6.07) is 2.52. The van der Waals surface area contributed by atoms with Gasteiger partial charge >= 0.3 is 0 Å². The molecule has 0 aliphatic carbocycles. The van der Waals surface area contributed by atoms with Crippen LogP contribution in [0.4, 0.5) is 0 Å². The predicted molar refractivity (Wildman–Crippen MR) is 65.3 cm³/mol. The largest absolute Gasteiger partial charge is 0.396 e. The molecule has 1 heterocycles. The molecule has 4 nitrogen and oxygen atoms in total. The van der Waals surface area contributed by atoms with Gasteiger partial charge in [0.1, 0.15) is 0 Å². The van der Waals surface area contributed by atoms with Gasteiger partial charge in [-0.1, -0.05) is 6.92 Å². The van der Waals surface area contributed by atoms with E-state index >= 15 is 0 Å². The van der Waals surface area contributed by atoms with Crippen molar-refractivity contribution in [2.24, 2.45) is 0 Å². The molecule has 1 unspecified atom stereocenters. The molecule has 4 heteroatoms. The fraction of sp³-hybridized carbons (Fsp3) is 0.750. The maximum absolute atomic E-state index is 8.66. The maximum Gasteiger partial charge on any atom is 0.0525 e. The highest BCUT2D eigenvalue weighted by Gasteiger charge is 2.07. The minimum Gasteiger partial charge on any atom is -0.396 e. The first kappa shape index (κ1) is 13.2. The zero-order chi connectivity index (χ0) is 11.8. The molecule has 16 heavy (non-hydrogen) atoms. The zero-order valence-electron chi connectivity index (χ0n) is 10.3.